The van der Waals surface area contributed by atoms with Crippen LogP contribution >= 0.6 is 0 Å². The van der Waals surface area contributed by atoms with Gasteiger partial charge in [0.2, 0.25) is 0 Å². The van der Waals surface area contributed by atoms with Crippen molar-refractivity contribution in [3.8, 4) is 0 Å². The summed E-state index contributed by atoms with van der Waals surface area (Å²) >= 11 is 0. The number of hydrogen-bond donors (Lipinski definition) is 5. The minimum Gasteiger partial charge on any atom is -0.490 e. The molecule has 2 aromatic rings. The van der Waals surface area contributed by atoms with Crippen molar-refractivity contribution in [3.05, 3.63) is 84.1 Å². The van der Waals surface area contributed by atoms with Gasteiger partial charge in [-0.3, -0.25) is 9.59 Å². The first-order valence-electron chi connectivity index (χ1n) is 23.3. The Balaban J connectivity index is 0.000000359. The number of carbonyl (C=O) groups excluding carboxylic acids is 4. The van der Waals surface area contributed by atoms with Crippen LogP contribution in [0.25, 0.3) is 0 Å². The Labute approximate surface area is 423 Å². The number of ether oxygens (including phenoxy) is 11. The normalized spacial score (nSPS) is 35.3. The smallest absolute Gasteiger partial charge is 0.338 e. The predicted molar refractivity (Wildman–Crippen MR) is 261 cm³/mol. The first kappa shape index (κ1) is 63.5. The second-order valence-corrected chi connectivity index (χ2v) is 18.6. The molecule has 72 heavy (non-hydrogen) atoms. The van der Waals surface area contributed by atoms with Crippen LogP contribution < -0.4 is 0 Å². The fourth-order valence-corrected chi connectivity index (χ4v) is 8.69. The molecule has 0 amide bonds. The third kappa shape index (κ3) is 15.5. The molecule has 0 bridgehead atoms. The van der Waals surface area contributed by atoms with E-state index in [1.165, 1.54) is 27.9 Å². The zero-order chi connectivity index (χ0) is 53.6. The maximum Gasteiger partial charge on any atom is 0.338 e. The van der Waals surface area contributed by atoms with Gasteiger partial charge in [-0.25, -0.2) is 9.59 Å². The van der Waals surface area contributed by atoms with E-state index in [-0.39, 0.29) is 64.2 Å². The van der Waals surface area contributed by atoms with E-state index in [2.05, 4.69) is 6.58 Å². The van der Waals surface area contributed by atoms with Crippen molar-refractivity contribution >= 4 is 23.9 Å². The van der Waals surface area contributed by atoms with E-state index >= 15 is 0 Å². The number of benzene rings is 2. The number of allylic oxidation sites excluding steroid dienone is 1. The summed E-state index contributed by atoms with van der Waals surface area (Å²) in [6.45, 7) is 21.5. The number of methoxy groups -OCH3 is 2. The van der Waals surface area contributed by atoms with E-state index in [4.69, 9.17) is 62.3 Å². The van der Waals surface area contributed by atoms with E-state index in [0.717, 1.165) is 0 Å². The number of aliphatic hydroxyl groups excluding tert-OH is 4. The fourth-order valence-electron chi connectivity index (χ4n) is 8.69. The van der Waals surface area contributed by atoms with Crippen LogP contribution in [0.4, 0.5) is 0 Å². The van der Waals surface area contributed by atoms with Gasteiger partial charge in [0.15, 0.2) is 17.8 Å². The topological polar surface area (TPSA) is 271 Å². The monoisotopic (exact) mass is 1020 g/mol. The highest BCUT2D eigenvalue weighted by Crippen LogP contribution is 2.39. The number of rotatable bonds is 14. The van der Waals surface area contributed by atoms with Crippen LogP contribution in [0.15, 0.2) is 73.0 Å². The molecule has 4 aliphatic heterocycles. The van der Waals surface area contributed by atoms with E-state index < -0.39 is 89.1 Å². The maximum absolute atomic E-state index is 12.6. The van der Waals surface area contributed by atoms with E-state index in [1.807, 2.05) is 13.8 Å². The van der Waals surface area contributed by atoms with Gasteiger partial charge in [-0.15, -0.1) is 0 Å². The van der Waals surface area contributed by atoms with Crippen LogP contribution in [0.2, 0.25) is 0 Å². The van der Waals surface area contributed by atoms with Crippen molar-refractivity contribution in [3.63, 3.8) is 0 Å². The van der Waals surface area contributed by atoms with Crippen molar-refractivity contribution < 1.29 is 96.8 Å². The van der Waals surface area contributed by atoms with Gasteiger partial charge in [-0.1, -0.05) is 50.4 Å². The van der Waals surface area contributed by atoms with Gasteiger partial charge in [0.25, 0.3) is 0 Å². The Bertz CT molecular complexity index is 2020. The molecule has 20 heteroatoms. The van der Waals surface area contributed by atoms with Crippen LogP contribution in [0.3, 0.4) is 0 Å². The summed E-state index contributed by atoms with van der Waals surface area (Å²) in [5.41, 5.74) is -3.35. The van der Waals surface area contributed by atoms with Crippen LogP contribution in [-0.4, -0.2) is 186 Å². The maximum atomic E-state index is 12.6. The third-order valence-electron chi connectivity index (χ3n) is 13.1. The lowest BCUT2D eigenvalue weighted by Gasteiger charge is -2.33. The zero-order valence-electron chi connectivity index (χ0n) is 43.1. The lowest BCUT2D eigenvalue weighted by atomic mass is 9.92. The van der Waals surface area contributed by atoms with Gasteiger partial charge in [0.05, 0.1) is 54.5 Å². The SMILES string of the molecule is C.C=C(C)O[C@H]1[C@H](C)O[C@H](COC(C)=O)[C@@]1(C)OC.CC(=O)O[C@]1(C)[C@@H](COC(=O)c2ccccc2)O[C@@H](C)[C@@H]1OC(=O)c1ccccc1.CO[C@]1(C)[C@@H](CO)O[C@@H](C)[C@@H]1O.C[C@@H]1O[C@H](CO)[C@@](C)(O)[C@H]1O. The highest BCUT2D eigenvalue weighted by Gasteiger charge is 2.58. The molecule has 0 spiro atoms. The number of aliphatic hydroxyl groups is 5. The molecule has 2 aromatic carbocycles. The largest absolute Gasteiger partial charge is 0.490 e. The standard InChI is InChI=1S/C23H24O7.C13H22O5.C8H16O4.C7H14O4.CH4/c1-15-20(29-22(26)18-12-8-5-9-13-18)23(3,30-16(2)24)19(28-15)14-27-21(25)17-10-6-4-7-11-17;1-8(2)17-12-9(3)18-11(7-16-10(4)14)13(12,5)15-6;1-5-7(10)8(2,11-3)6(4-9)12-5;1-4-6(9)7(2,10)5(3-8)11-4;/h4-13,15,19-20H,14H2,1-3H3;9,11-12H,1,7H2,2-6H3;5-7,9-10H,4H2,1-3H3;4-6,8-10H,3H2,1-2H3;1H4/t15-,19+,20-,23+;9-,11+,12-,13+;5-,6+,7-,8+;4-,5+,6-,7+;/m0000./s1. The van der Waals surface area contributed by atoms with E-state index in [1.54, 1.807) is 109 Å². The van der Waals surface area contributed by atoms with Crippen molar-refractivity contribution in [1.82, 2.24) is 0 Å². The Morgan fingerprint density at radius 2 is 0.986 bits per heavy atom. The molecule has 0 unspecified atom stereocenters. The Kier molecular flexibility index (Phi) is 24.4. The summed E-state index contributed by atoms with van der Waals surface area (Å²) in [5.74, 6) is -1.38. The molecular formula is C52H80O20. The first-order valence-corrected chi connectivity index (χ1v) is 23.3. The summed E-state index contributed by atoms with van der Waals surface area (Å²) < 4.78 is 60.0. The number of esters is 4. The molecule has 16 atom stereocenters. The lowest BCUT2D eigenvalue weighted by molar-refractivity contribution is -0.172. The Morgan fingerprint density at radius 3 is 1.38 bits per heavy atom. The molecule has 0 aliphatic carbocycles. The summed E-state index contributed by atoms with van der Waals surface area (Å²) in [7, 11) is 3.10. The van der Waals surface area contributed by atoms with Crippen LogP contribution in [0, 0.1) is 0 Å². The van der Waals surface area contributed by atoms with Gasteiger partial charge < -0.3 is 77.6 Å². The average Bonchev–Trinajstić information content (AvgIpc) is 3.89. The second kappa shape index (κ2) is 27.6. The molecule has 0 saturated carbocycles. The molecule has 4 aliphatic rings. The van der Waals surface area contributed by atoms with Crippen molar-refractivity contribution in [2.24, 2.45) is 0 Å². The quantitative estimate of drug-likeness (QED) is 0.102. The van der Waals surface area contributed by atoms with Crippen molar-refractivity contribution in [1.29, 1.82) is 0 Å². The van der Waals surface area contributed by atoms with Crippen LogP contribution in [0.1, 0.15) is 104 Å². The molecule has 5 N–H and O–H groups in total. The fraction of sp³-hybridized carbons (Fsp3) is 0.654. The number of carbonyl (C=O) groups is 4. The van der Waals surface area contributed by atoms with Gasteiger partial charge in [0.1, 0.15) is 66.6 Å². The minimum atomic E-state index is -1.33. The molecule has 4 fully saturated rings. The summed E-state index contributed by atoms with van der Waals surface area (Å²) in [5, 5.41) is 46.2. The summed E-state index contributed by atoms with van der Waals surface area (Å²) in [6.07, 6.45) is -6.47. The molecule has 4 saturated heterocycles. The minimum absolute atomic E-state index is 0. The van der Waals surface area contributed by atoms with Crippen LogP contribution in [0.5, 0.6) is 0 Å². The average molecular weight is 1030 g/mol. The summed E-state index contributed by atoms with van der Waals surface area (Å²) in [4.78, 5) is 47.5. The lowest BCUT2D eigenvalue weighted by Crippen LogP contribution is -2.52. The van der Waals surface area contributed by atoms with Gasteiger partial charge in [-0.05, 0) is 86.6 Å². The second-order valence-electron chi connectivity index (χ2n) is 18.6. The highest BCUT2D eigenvalue weighted by atomic mass is 16.7. The van der Waals surface area contributed by atoms with Gasteiger partial charge in [-0.2, -0.15) is 0 Å². The van der Waals surface area contributed by atoms with E-state index in [0.29, 0.717) is 16.9 Å². The molecule has 20 nitrogen and oxygen atoms in total. The molecule has 6 rings (SSSR count). The summed E-state index contributed by atoms with van der Waals surface area (Å²) in [6, 6.07) is 17.0. The molecule has 0 aromatic heterocycles. The zero-order valence-corrected chi connectivity index (χ0v) is 43.1. The van der Waals surface area contributed by atoms with Gasteiger partial charge >= 0.3 is 23.9 Å². The van der Waals surface area contributed by atoms with Crippen LogP contribution in [-0.2, 0) is 61.7 Å². The first-order chi connectivity index (χ1) is 33.2. The van der Waals surface area contributed by atoms with Crippen molar-refractivity contribution in [2.75, 3.05) is 40.6 Å². The predicted octanol–water partition coefficient (Wildman–Crippen LogP) is 3.88. The molecule has 408 valence electrons. The van der Waals surface area contributed by atoms with Gasteiger partial charge in [0, 0.05) is 28.1 Å². The molecule has 0 radical (unpaired) electrons. The third-order valence-corrected chi connectivity index (χ3v) is 13.1. The Morgan fingerprint density at radius 1 is 0.569 bits per heavy atom. The van der Waals surface area contributed by atoms with Crippen molar-refractivity contribution in [2.45, 2.75) is 179 Å². The Hall–Kier alpha value is -4.58. The molecule has 4 heterocycles. The number of hydrogen-bond acceptors (Lipinski definition) is 20. The molecular weight excluding hydrogens is 945 g/mol. The van der Waals surface area contributed by atoms with E-state index in [9.17, 15) is 34.5 Å². The highest BCUT2D eigenvalue weighted by molar-refractivity contribution is 5.90.